The van der Waals surface area contributed by atoms with E-state index < -0.39 is 0 Å². The summed E-state index contributed by atoms with van der Waals surface area (Å²) < 4.78 is 0. The van der Waals surface area contributed by atoms with Crippen LogP contribution in [-0.4, -0.2) is 50.1 Å². The van der Waals surface area contributed by atoms with Crippen molar-refractivity contribution in [1.29, 1.82) is 0 Å². The van der Waals surface area contributed by atoms with E-state index in [1.54, 1.807) is 0 Å². The van der Waals surface area contributed by atoms with E-state index in [1.165, 1.54) is 38.8 Å². The molecule has 1 atom stereocenters. The largest absolute Gasteiger partial charge is 0.356 e. The van der Waals surface area contributed by atoms with Gasteiger partial charge in [-0.05, 0) is 76.7 Å². The van der Waals surface area contributed by atoms with E-state index in [-0.39, 0.29) is 0 Å². The van der Waals surface area contributed by atoms with Gasteiger partial charge in [-0.3, -0.25) is 4.79 Å². The van der Waals surface area contributed by atoms with Crippen molar-refractivity contribution >= 4 is 5.91 Å². The summed E-state index contributed by atoms with van der Waals surface area (Å²) in [7, 11) is 0. The van der Waals surface area contributed by atoms with Crippen molar-refractivity contribution in [3.63, 3.8) is 0 Å². The molecule has 2 N–H and O–H groups in total. The van der Waals surface area contributed by atoms with Crippen LogP contribution in [0.1, 0.15) is 38.5 Å². The molecule has 2 aliphatic heterocycles. The Morgan fingerprint density at radius 1 is 1.26 bits per heavy atom. The number of carbonyl (C=O) groups excluding carboxylic acids is 1. The molecule has 3 rings (SSSR count). The van der Waals surface area contributed by atoms with E-state index in [0.717, 1.165) is 39.0 Å². The fourth-order valence-corrected chi connectivity index (χ4v) is 3.84. The second-order valence-electron chi connectivity index (χ2n) is 6.56. The van der Waals surface area contributed by atoms with E-state index in [4.69, 9.17) is 0 Å². The molecule has 2 heterocycles. The highest BCUT2D eigenvalue weighted by Gasteiger charge is 2.57. The van der Waals surface area contributed by atoms with Crippen molar-refractivity contribution < 1.29 is 4.79 Å². The SMILES string of the molecule is O=C(NCCCN1CCCC1)C1CC12CCNCC2. The smallest absolute Gasteiger partial charge is 0.223 e. The lowest BCUT2D eigenvalue weighted by atomic mass is 9.92. The maximum Gasteiger partial charge on any atom is 0.223 e. The molecule has 108 valence electrons. The van der Waals surface area contributed by atoms with Crippen LogP contribution in [-0.2, 0) is 4.79 Å². The van der Waals surface area contributed by atoms with Gasteiger partial charge in [0.15, 0.2) is 0 Å². The molecule has 3 fully saturated rings. The van der Waals surface area contributed by atoms with Crippen LogP contribution in [0, 0.1) is 11.3 Å². The molecule has 1 spiro atoms. The van der Waals surface area contributed by atoms with E-state index >= 15 is 0 Å². The summed E-state index contributed by atoms with van der Waals surface area (Å²) in [5.74, 6) is 0.643. The minimum Gasteiger partial charge on any atom is -0.356 e. The lowest BCUT2D eigenvalue weighted by Gasteiger charge is -2.23. The zero-order chi connectivity index (χ0) is 13.1. The highest BCUT2D eigenvalue weighted by molar-refractivity contribution is 5.82. The van der Waals surface area contributed by atoms with Gasteiger partial charge in [0.05, 0.1) is 0 Å². The van der Waals surface area contributed by atoms with Crippen LogP contribution in [0.5, 0.6) is 0 Å². The summed E-state index contributed by atoms with van der Waals surface area (Å²) in [6.07, 6.45) is 7.33. The Morgan fingerprint density at radius 2 is 2.00 bits per heavy atom. The second-order valence-corrected chi connectivity index (χ2v) is 6.56. The van der Waals surface area contributed by atoms with Gasteiger partial charge in [0, 0.05) is 12.5 Å². The van der Waals surface area contributed by atoms with E-state index in [9.17, 15) is 4.79 Å². The van der Waals surface area contributed by atoms with Crippen molar-refractivity contribution in [2.24, 2.45) is 11.3 Å². The van der Waals surface area contributed by atoms with Crippen molar-refractivity contribution in [2.75, 3.05) is 39.3 Å². The third-order valence-electron chi connectivity index (χ3n) is 5.25. The first kappa shape index (κ1) is 13.4. The maximum atomic E-state index is 12.1. The summed E-state index contributed by atoms with van der Waals surface area (Å²) in [6.45, 7) is 6.72. The van der Waals surface area contributed by atoms with Crippen molar-refractivity contribution in [1.82, 2.24) is 15.5 Å². The second kappa shape index (κ2) is 5.80. The molecule has 0 aromatic rings. The summed E-state index contributed by atoms with van der Waals surface area (Å²) in [5.41, 5.74) is 0.379. The van der Waals surface area contributed by atoms with Crippen LogP contribution >= 0.6 is 0 Å². The Hall–Kier alpha value is -0.610. The maximum absolute atomic E-state index is 12.1. The average molecular weight is 265 g/mol. The molecule has 0 aromatic carbocycles. The molecule has 1 saturated carbocycles. The van der Waals surface area contributed by atoms with Gasteiger partial charge in [0.25, 0.3) is 0 Å². The molecular formula is C15H27N3O. The Labute approximate surface area is 116 Å². The number of carbonyl (C=O) groups is 1. The van der Waals surface area contributed by atoms with Crippen LogP contribution in [0.2, 0.25) is 0 Å². The van der Waals surface area contributed by atoms with Crippen molar-refractivity contribution in [2.45, 2.75) is 38.5 Å². The van der Waals surface area contributed by atoms with Gasteiger partial charge in [-0.15, -0.1) is 0 Å². The van der Waals surface area contributed by atoms with Gasteiger partial charge >= 0.3 is 0 Å². The lowest BCUT2D eigenvalue weighted by Crippen LogP contribution is -2.34. The Balaban J connectivity index is 1.31. The van der Waals surface area contributed by atoms with Gasteiger partial charge < -0.3 is 15.5 Å². The highest BCUT2D eigenvalue weighted by atomic mass is 16.2. The molecule has 0 aromatic heterocycles. The average Bonchev–Trinajstić information content (AvgIpc) is 2.89. The van der Waals surface area contributed by atoms with Gasteiger partial charge in [0.2, 0.25) is 5.91 Å². The monoisotopic (exact) mass is 265 g/mol. The Morgan fingerprint density at radius 3 is 2.74 bits per heavy atom. The molecule has 4 nitrogen and oxygen atoms in total. The number of nitrogens with one attached hydrogen (secondary N) is 2. The van der Waals surface area contributed by atoms with Gasteiger partial charge in [-0.25, -0.2) is 0 Å². The molecule has 0 bridgehead atoms. The quantitative estimate of drug-likeness (QED) is 0.728. The molecule has 2 saturated heterocycles. The summed E-state index contributed by atoms with van der Waals surface area (Å²) >= 11 is 0. The lowest BCUT2D eigenvalue weighted by molar-refractivity contribution is -0.123. The predicted octanol–water partition coefficient (Wildman–Crippen LogP) is 0.978. The Bertz CT molecular complexity index is 319. The third kappa shape index (κ3) is 3.11. The third-order valence-corrected chi connectivity index (χ3v) is 5.25. The molecule has 1 unspecified atom stereocenters. The summed E-state index contributed by atoms with van der Waals surface area (Å²) in [5, 5.41) is 6.54. The number of amides is 1. The topological polar surface area (TPSA) is 44.4 Å². The van der Waals surface area contributed by atoms with Crippen LogP contribution in [0.3, 0.4) is 0 Å². The van der Waals surface area contributed by atoms with E-state index in [1.807, 2.05) is 0 Å². The van der Waals surface area contributed by atoms with E-state index in [0.29, 0.717) is 17.2 Å². The molecule has 1 amide bonds. The number of hydrogen-bond donors (Lipinski definition) is 2. The summed E-state index contributed by atoms with van der Waals surface area (Å²) in [6, 6.07) is 0. The first-order chi connectivity index (χ1) is 9.30. The fourth-order valence-electron chi connectivity index (χ4n) is 3.84. The molecule has 1 aliphatic carbocycles. The minimum absolute atomic E-state index is 0.321. The van der Waals surface area contributed by atoms with Crippen LogP contribution < -0.4 is 10.6 Å². The minimum atomic E-state index is 0.321. The number of nitrogens with zero attached hydrogens (tertiary/aromatic N) is 1. The van der Waals surface area contributed by atoms with Crippen LogP contribution in [0.4, 0.5) is 0 Å². The van der Waals surface area contributed by atoms with Gasteiger partial charge in [-0.2, -0.15) is 0 Å². The molecule has 0 radical (unpaired) electrons. The molecular weight excluding hydrogens is 238 g/mol. The van der Waals surface area contributed by atoms with Crippen LogP contribution in [0.25, 0.3) is 0 Å². The van der Waals surface area contributed by atoms with Crippen molar-refractivity contribution in [3.8, 4) is 0 Å². The zero-order valence-corrected chi connectivity index (χ0v) is 11.9. The molecule has 4 heteroatoms. The normalized spacial score (nSPS) is 29.6. The zero-order valence-electron chi connectivity index (χ0n) is 11.9. The van der Waals surface area contributed by atoms with E-state index in [2.05, 4.69) is 15.5 Å². The fraction of sp³-hybridized carbons (Fsp3) is 0.933. The summed E-state index contributed by atoms with van der Waals surface area (Å²) in [4.78, 5) is 14.6. The standard InChI is InChI=1S/C15H27N3O/c19-14(13-12-15(13)4-7-16-8-5-15)17-6-3-11-18-9-1-2-10-18/h13,16H,1-12H2,(H,17,19). The van der Waals surface area contributed by atoms with Gasteiger partial charge in [-0.1, -0.05) is 0 Å². The predicted molar refractivity (Wildman–Crippen MR) is 75.9 cm³/mol. The van der Waals surface area contributed by atoms with Gasteiger partial charge in [0.1, 0.15) is 0 Å². The highest BCUT2D eigenvalue weighted by Crippen LogP contribution is 2.58. The molecule has 19 heavy (non-hydrogen) atoms. The number of piperidine rings is 1. The number of likely N-dealkylation sites (tertiary alicyclic amines) is 1. The first-order valence-corrected chi connectivity index (χ1v) is 8.01. The Kier molecular flexibility index (Phi) is 4.08. The number of hydrogen-bond acceptors (Lipinski definition) is 3. The molecule has 3 aliphatic rings. The first-order valence-electron chi connectivity index (χ1n) is 8.01. The van der Waals surface area contributed by atoms with Crippen LogP contribution in [0.15, 0.2) is 0 Å². The number of rotatable bonds is 5. The van der Waals surface area contributed by atoms with Crippen molar-refractivity contribution in [3.05, 3.63) is 0 Å².